The van der Waals surface area contributed by atoms with Crippen LogP contribution in [0.5, 0.6) is 0 Å². The second kappa shape index (κ2) is 14.2. The fourth-order valence-corrected chi connectivity index (χ4v) is 6.22. The molecule has 0 aliphatic carbocycles. The Kier molecular flexibility index (Phi) is 10.1. The molecule has 0 bridgehead atoms. The molecule has 2 aliphatic heterocycles. The summed E-state index contributed by atoms with van der Waals surface area (Å²) in [4.78, 5) is 61.2. The zero-order valence-electron chi connectivity index (χ0n) is 25.5. The molecule has 2 N–H and O–H groups in total. The number of anilines is 1. The second-order valence-corrected chi connectivity index (χ2v) is 11.6. The molecule has 1 aromatic heterocycles. The van der Waals surface area contributed by atoms with Crippen molar-refractivity contribution >= 4 is 40.5 Å². The van der Waals surface area contributed by atoms with E-state index in [0.717, 1.165) is 11.1 Å². The molecule has 5 rings (SSSR count). The minimum atomic E-state index is -1.11. The molecular weight excluding hydrogens is 583 g/mol. The predicted octanol–water partition coefficient (Wildman–Crippen LogP) is 3.46. The Balaban J connectivity index is 1.39. The molecule has 12 heteroatoms. The summed E-state index contributed by atoms with van der Waals surface area (Å²) < 4.78 is 24.0. The molecule has 0 unspecified atom stereocenters. The van der Waals surface area contributed by atoms with Gasteiger partial charge in [-0.05, 0) is 48.4 Å². The molecule has 3 heterocycles. The molecule has 0 saturated heterocycles. The van der Waals surface area contributed by atoms with Gasteiger partial charge in [0.15, 0.2) is 5.58 Å². The zero-order valence-corrected chi connectivity index (χ0v) is 25.5. The standard InChI is InChI=1S/C33H39FN4O7/c1-3-20(2)29(37(15-17-44-16-7-14-34)28(39)19-27-35-23-10-4-5-11-26(23)45-27)31(40)36-24-13-12-21-8-6-9-22-18-25(33(42)43)38(30(21)22)32(24)41/h4-6,8-11,20,24-25,29H,3,7,12-19H2,1-2H3,(H,36,40)(H,42,43)/t20-,24-,25-,29-/m0/s1. The van der Waals surface area contributed by atoms with Crippen LogP contribution in [0.3, 0.4) is 0 Å². The van der Waals surface area contributed by atoms with E-state index in [-0.39, 0.29) is 57.3 Å². The van der Waals surface area contributed by atoms with Crippen molar-refractivity contribution in [2.24, 2.45) is 5.92 Å². The highest BCUT2D eigenvalue weighted by atomic mass is 19.1. The maximum absolute atomic E-state index is 14.1. The number of halogens is 1. The highest BCUT2D eigenvalue weighted by molar-refractivity contribution is 6.07. The summed E-state index contributed by atoms with van der Waals surface area (Å²) in [6, 6.07) is 9.69. The van der Waals surface area contributed by atoms with E-state index < -0.39 is 48.5 Å². The van der Waals surface area contributed by atoms with E-state index >= 15 is 0 Å². The Hall–Kier alpha value is -4.32. The fraction of sp³-hybridized carbons (Fsp3) is 0.485. The van der Waals surface area contributed by atoms with Crippen molar-refractivity contribution < 1.29 is 37.8 Å². The number of fused-ring (bicyclic) bond motifs is 1. The van der Waals surface area contributed by atoms with Crippen LogP contribution >= 0.6 is 0 Å². The van der Waals surface area contributed by atoms with E-state index in [4.69, 9.17) is 9.15 Å². The van der Waals surface area contributed by atoms with Crippen molar-refractivity contribution in [3.63, 3.8) is 0 Å². The maximum Gasteiger partial charge on any atom is 0.327 e. The quantitative estimate of drug-likeness (QED) is 0.261. The number of hydrogen-bond donors (Lipinski definition) is 2. The van der Waals surface area contributed by atoms with Gasteiger partial charge in [-0.3, -0.25) is 23.7 Å². The largest absolute Gasteiger partial charge is 0.480 e. The number of carboxylic acid groups (broad SMARTS) is 1. The first kappa shape index (κ1) is 32.1. The number of amides is 3. The SMILES string of the molecule is CC[C@H](C)[C@@H](C(=O)N[C@H]1CCc2cccc3c2N(C1=O)[C@H](C(=O)O)C3)N(CCOCCCF)C(=O)Cc1nc2ccccc2o1. The second-order valence-electron chi connectivity index (χ2n) is 11.6. The number of oxazole rings is 1. The molecule has 45 heavy (non-hydrogen) atoms. The number of rotatable bonds is 14. The summed E-state index contributed by atoms with van der Waals surface area (Å²) in [5.41, 5.74) is 3.41. The molecule has 4 atom stereocenters. The van der Waals surface area contributed by atoms with Gasteiger partial charge in [0.2, 0.25) is 23.6 Å². The van der Waals surface area contributed by atoms with Crippen molar-refractivity contribution in [1.29, 1.82) is 0 Å². The van der Waals surface area contributed by atoms with E-state index in [9.17, 15) is 28.7 Å². The average molecular weight is 623 g/mol. The number of ether oxygens (including phenoxy) is 1. The van der Waals surface area contributed by atoms with Crippen LogP contribution in [0.1, 0.15) is 50.1 Å². The smallest absolute Gasteiger partial charge is 0.327 e. The number of benzene rings is 2. The number of hydrogen-bond acceptors (Lipinski definition) is 7. The van der Waals surface area contributed by atoms with E-state index in [2.05, 4.69) is 10.3 Å². The van der Waals surface area contributed by atoms with Crippen LogP contribution in [0.15, 0.2) is 46.9 Å². The summed E-state index contributed by atoms with van der Waals surface area (Å²) in [6.07, 6.45) is 1.51. The molecular formula is C33H39FN4O7. The highest BCUT2D eigenvalue weighted by Crippen LogP contribution is 2.39. The van der Waals surface area contributed by atoms with Crippen molar-refractivity contribution in [3.05, 3.63) is 59.5 Å². The Bertz CT molecular complexity index is 1530. The van der Waals surface area contributed by atoms with E-state index in [1.807, 2.05) is 38.1 Å². The molecule has 0 fully saturated rings. The van der Waals surface area contributed by atoms with Crippen LogP contribution in [-0.2, 0) is 43.2 Å². The number of carboxylic acids is 1. The number of aliphatic carboxylic acids is 1. The first-order valence-electron chi connectivity index (χ1n) is 15.5. The van der Waals surface area contributed by atoms with Crippen molar-refractivity contribution in [1.82, 2.24) is 15.2 Å². The van der Waals surface area contributed by atoms with Crippen LogP contribution < -0.4 is 10.2 Å². The van der Waals surface area contributed by atoms with Gasteiger partial charge in [-0.25, -0.2) is 9.78 Å². The molecule has 11 nitrogen and oxygen atoms in total. The number of carbonyl (C=O) groups is 4. The lowest BCUT2D eigenvalue weighted by Gasteiger charge is -2.35. The molecule has 3 amide bonds. The number of alkyl halides is 1. The lowest BCUT2D eigenvalue weighted by atomic mass is 9.95. The zero-order chi connectivity index (χ0) is 32.1. The Morgan fingerprint density at radius 1 is 1.18 bits per heavy atom. The monoisotopic (exact) mass is 622 g/mol. The Labute approximate surface area is 260 Å². The third-order valence-corrected chi connectivity index (χ3v) is 8.66. The molecule has 3 aromatic rings. The van der Waals surface area contributed by atoms with Crippen molar-refractivity contribution in [3.8, 4) is 0 Å². The van der Waals surface area contributed by atoms with E-state index in [1.54, 1.807) is 18.2 Å². The van der Waals surface area contributed by atoms with Gasteiger partial charge >= 0.3 is 5.97 Å². The molecule has 2 aliphatic rings. The Morgan fingerprint density at radius 2 is 1.96 bits per heavy atom. The maximum atomic E-state index is 14.1. The summed E-state index contributed by atoms with van der Waals surface area (Å²) in [7, 11) is 0. The van der Waals surface area contributed by atoms with Gasteiger partial charge in [-0.1, -0.05) is 50.6 Å². The number of aryl methyl sites for hydroxylation is 1. The fourth-order valence-electron chi connectivity index (χ4n) is 6.22. The number of para-hydroxylation sites is 3. The summed E-state index contributed by atoms with van der Waals surface area (Å²) in [5.74, 6) is -2.64. The summed E-state index contributed by atoms with van der Waals surface area (Å²) in [6.45, 7) is 3.53. The van der Waals surface area contributed by atoms with E-state index in [0.29, 0.717) is 29.6 Å². The van der Waals surface area contributed by atoms with Gasteiger partial charge in [-0.15, -0.1) is 0 Å². The Morgan fingerprint density at radius 3 is 2.69 bits per heavy atom. The topological polar surface area (TPSA) is 142 Å². The number of nitrogens with zero attached hydrogens (tertiary/aromatic N) is 3. The summed E-state index contributed by atoms with van der Waals surface area (Å²) >= 11 is 0. The first-order chi connectivity index (χ1) is 21.7. The molecule has 2 aromatic carbocycles. The van der Waals surface area contributed by atoms with Gasteiger partial charge in [0, 0.05) is 19.6 Å². The first-order valence-corrected chi connectivity index (χ1v) is 15.5. The highest BCUT2D eigenvalue weighted by Gasteiger charge is 2.45. The average Bonchev–Trinajstić information content (AvgIpc) is 3.59. The van der Waals surface area contributed by atoms with E-state index in [1.165, 1.54) is 9.80 Å². The third kappa shape index (κ3) is 6.85. The van der Waals surface area contributed by atoms with Gasteiger partial charge in [0.1, 0.15) is 30.1 Å². The molecule has 0 radical (unpaired) electrons. The lowest BCUT2D eigenvalue weighted by molar-refractivity contribution is -0.144. The van der Waals surface area contributed by atoms with Crippen LogP contribution in [0, 0.1) is 5.92 Å². The number of aromatic nitrogens is 1. The van der Waals surface area contributed by atoms with Crippen molar-refractivity contribution in [2.75, 3.05) is 31.3 Å². The van der Waals surface area contributed by atoms with Crippen LogP contribution in [0.4, 0.5) is 10.1 Å². The lowest BCUT2D eigenvalue weighted by Crippen LogP contribution is -2.59. The molecule has 240 valence electrons. The van der Waals surface area contributed by atoms with Crippen LogP contribution in [-0.4, -0.2) is 83.2 Å². The normalized spacial score (nSPS) is 18.7. The van der Waals surface area contributed by atoms with Gasteiger partial charge in [0.05, 0.1) is 19.0 Å². The molecule has 0 saturated carbocycles. The van der Waals surface area contributed by atoms with Crippen LogP contribution in [0.2, 0.25) is 0 Å². The van der Waals surface area contributed by atoms with Crippen molar-refractivity contribution in [2.45, 2.75) is 70.5 Å². The van der Waals surface area contributed by atoms with Crippen LogP contribution in [0.25, 0.3) is 11.1 Å². The van der Waals surface area contributed by atoms with Gasteiger partial charge in [-0.2, -0.15) is 0 Å². The van der Waals surface area contributed by atoms with Gasteiger partial charge in [0.25, 0.3) is 0 Å². The third-order valence-electron chi connectivity index (χ3n) is 8.66. The molecule has 0 spiro atoms. The summed E-state index contributed by atoms with van der Waals surface area (Å²) in [5, 5.41) is 12.8. The van der Waals surface area contributed by atoms with Gasteiger partial charge < -0.3 is 24.5 Å². The number of carbonyl (C=O) groups excluding carboxylic acids is 3. The minimum Gasteiger partial charge on any atom is -0.480 e. The minimum absolute atomic E-state index is 0.0500. The predicted molar refractivity (Wildman–Crippen MR) is 163 cm³/mol. The number of nitrogens with one attached hydrogen (secondary N) is 1.